The van der Waals surface area contributed by atoms with Gasteiger partial charge < -0.3 is 0 Å². The standard InChI is InChI=1S/C22H20F2N4OS2/c23-21(24)27-12-11-25-17(27)13-30-22-26-19-18(15-9-5-2-6-10-16(15)31-19)20(29)28(22)14-7-3-1-4-8-14/h1,3-4,7-8,11-12,21H,2,5-6,9-10,13H2. The van der Waals surface area contributed by atoms with E-state index in [-0.39, 0.29) is 17.1 Å². The molecule has 0 spiro atoms. The quantitative estimate of drug-likeness (QED) is 0.222. The molecule has 9 heteroatoms. The molecule has 0 unspecified atom stereocenters. The second-order valence-electron chi connectivity index (χ2n) is 7.43. The zero-order valence-electron chi connectivity index (χ0n) is 16.6. The van der Waals surface area contributed by atoms with Gasteiger partial charge in [-0.3, -0.25) is 13.9 Å². The smallest absolute Gasteiger partial charge is 0.277 e. The number of alkyl halides is 2. The molecule has 0 bridgehead atoms. The number of halogens is 2. The highest BCUT2D eigenvalue weighted by molar-refractivity contribution is 7.98. The molecule has 5 nitrogen and oxygen atoms in total. The molecule has 0 N–H and O–H groups in total. The van der Waals surface area contributed by atoms with Crippen LogP contribution < -0.4 is 5.56 Å². The van der Waals surface area contributed by atoms with Crippen LogP contribution in [0.3, 0.4) is 0 Å². The van der Waals surface area contributed by atoms with Crippen molar-refractivity contribution in [1.82, 2.24) is 19.1 Å². The monoisotopic (exact) mass is 458 g/mol. The zero-order chi connectivity index (χ0) is 21.4. The van der Waals surface area contributed by atoms with Gasteiger partial charge in [-0.15, -0.1) is 11.3 Å². The lowest BCUT2D eigenvalue weighted by molar-refractivity contribution is 0.0678. The molecule has 4 aromatic rings. The van der Waals surface area contributed by atoms with Crippen molar-refractivity contribution in [2.45, 2.75) is 49.6 Å². The van der Waals surface area contributed by atoms with Crippen LogP contribution in [0.1, 0.15) is 42.1 Å². The molecular weight excluding hydrogens is 438 g/mol. The van der Waals surface area contributed by atoms with E-state index in [1.807, 2.05) is 30.3 Å². The molecule has 0 radical (unpaired) electrons. The number of benzene rings is 1. The first-order valence-electron chi connectivity index (χ1n) is 10.2. The third-order valence-electron chi connectivity index (χ3n) is 5.51. The maximum absolute atomic E-state index is 13.7. The summed E-state index contributed by atoms with van der Waals surface area (Å²) >= 11 is 2.85. The molecule has 31 heavy (non-hydrogen) atoms. The van der Waals surface area contributed by atoms with Gasteiger partial charge >= 0.3 is 6.55 Å². The summed E-state index contributed by atoms with van der Waals surface area (Å²) in [6.07, 6.45) is 7.89. The summed E-state index contributed by atoms with van der Waals surface area (Å²) in [5, 5.41) is 1.20. The van der Waals surface area contributed by atoms with Crippen molar-refractivity contribution in [3.05, 3.63) is 69.3 Å². The molecule has 0 saturated heterocycles. The van der Waals surface area contributed by atoms with Crippen LogP contribution in [0, 0.1) is 0 Å². The molecule has 1 aromatic carbocycles. The first-order valence-corrected chi connectivity index (χ1v) is 12.0. The normalized spacial score (nSPS) is 14.2. The van der Waals surface area contributed by atoms with E-state index >= 15 is 0 Å². The molecule has 5 rings (SSSR count). The van der Waals surface area contributed by atoms with Crippen LogP contribution in [0.4, 0.5) is 8.78 Å². The van der Waals surface area contributed by atoms with Crippen molar-refractivity contribution in [2.24, 2.45) is 0 Å². The minimum atomic E-state index is -2.65. The number of aryl methyl sites for hydroxylation is 2. The van der Waals surface area contributed by atoms with Crippen molar-refractivity contribution in [3.63, 3.8) is 0 Å². The lowest BCUT2D eigenvalue weighted by Crippen LogP contribution is -2.22. The number of nitrogens with zero attached hydrogens (tertiary/aromatic N) is 4. The second-order valence-corrected chi connectivity index (χ2v) is 9.46. The fourth-order valence-electron chi connectivity index (χ4n) is 4.03. The fraction of sp³-hybridized carbons (Fsp3) is 0.318. The Balaban J connectivity index is 1.64. The zero-order valence-corrected chi connectivity index (χ0v) is 18.3. The molecule has 3 aromatic heterocycles. The van der Waals surface area contributed by atoms with Crippen LogP contribution in [0.2, 0.25) is 0 Å². The third-order valence-corrected chi connectivity index (χ3v) is 7.63. The number of aromatic nitrogens is 4. The predicted octanol–water partition coefficient (Wildman–Crippen LogP) is 5.60. The second kappa shape index (κ2) is 8.55. The van der Waals surface area contributed by atoms with Gasteiger partial charge in [0.1, 0.15) is 10.7 Å². The predicted molar refractivity (Wildman–Crippen MR) is 120 cm³/mol. The lowest BCUT2D eigenvalue weighted by atomic mass is 10.1. The van der Waals surface area contributed by atoms with Gasteiger partial charge in [0.05, 0.1) is 16.8 Å². The number of para-hydroxylation sites is 1. The molecule has 1 aliphatic carbocycles. The Morgan fingerprint density at radius 1 is 1.13 bits per heavy atom. The minimum Gasteiger partial charge on any atom is -0.277 e. The Bertz CT molecular complexity index is 1280. The van der Waals surface area contributed by atoms with Crippen LogP contribution in [0.5, 0.6) is 0 Å². The Labute approximate surface area is 185 Å². The van der Waals surface area contributed by atoms with E-state index in [1.54, 1.807) is 15.9 Å². The van der Waals surface area contributed by atoms with Gasteiger partial charge in [0, 0.05) is 17.3 Å². The fourth-order valence-corrected chi connectivity index (χ4v) is 6.29. The van der Waals surface area contributed by atoms with E-state index < -0.39 is 6.55 Å². The topological polar surface area (TPSA) is 52.7 Å². The van der Waals surface area contributed by atoms with Gasteiger partial charge in [-0.05, 0) is 43.4 Å². The Morgan fingerprint density at radius 2 is 1.94 bits per heavy atom. The average Bonchev–Trinajstić information content (AvgIpc) is 3.31. The highest BCUT2D eigenvalue weighted by Gasteiger charge is 2.23. The number of rotatable bonds is 5. The average molecular weight is 459 g/mol. The maximum Gasteiger partial charge on any atom is 0.319 e. The van der Waals surface area contributed by atoms with Crippen molar-refractivity contribution in [1.29, 1.82) is 0 Å². The van der Waals surface area contributed by atoms with Gasteiger partial charge in [0.2, 0.25) is 0 Å². The lowest BCUT2D eigenvalue weighted by Gasteiger charge is -2.13. The van der Waals surface area contributed by atoms with Gasteiger partial charge in [-0.1, -0.05) is 36.4 Å². The molecule has 1 aliphatic rings. The largest absolute Gasteiger partial charge is 0.319 e. The molecule has 0 fully saturated rings. The number of hydrogen-bond acceptors (Lipinski definition) is 5. The van der Waals surface area contributed by atoms with E-state index in [2.05, 4.69) is 4.98 Å². The summed E-state index contributed by atoms with van der Waals surface area (Å²) < 4.78 is 28.9. The Hall–Kier alpha value is -2.52. The minimum absolute atomic E-state index is 0.0877. The molecule has 160 valence electrons. The van der Waals surface area contributed by atoms with Crippen molar-refractivity contribution < 1.29 is 8.78 Å². The summed E-state index contributed by atoms with van der Waals surface area (Å²) in [4.78, 5) is 24.6. The number of hydrogen-bond donors (Lipinski definition) is 0. The molecule has 0 aliphatic heterocycles. The Morgan fingerprint density at radius 3 is 2.74 bits per heavy atom. The van der Waals surface area contributed by atoms with Crippen LogP contribution in [-0.2, 0) is 18.6 Å². The van der Waals surface area contributed by atoms with E-state index in [0.29, 0.717) is 10.5 Å². The Kier molecular flexibility index (Phi) is 5.62. The number of imidazole rings is 1. The number of thioether (sulfide) groups is 1. The summed E-state index contributed by atoms with van der Waals surface area (Å²) in [6.45, 7) is -2.65. The number of fused-ring (bicyclic) bond motifs is 3. The summed E-state index contributed by atoms with van der Waals surface area (Å²) in [6, 6.07) is 9.37. The molecular formula is C22H20F2N4OS2. The summed E-state index contributed by atoms with van der Waals surface area (Å²) in [5.74, 6) is 0.434. The van der Waals surface area contributed by atoms with Crippen LogP contribution >= 0.6 is 23.1 Å². The first kappa shape index (κ1) is 20.4. The van der Waals surface area contributed by atoms with Crippen molar-refractivity contribution in [2.75, 3.05) is 0 Å². The van der Waals surface area contributed by atoms with E-state index in [9.17, 15) is 13.6 Å². The molecule has 0 amide bonds. The molecule has 3 heterocycles. The summed E-state index contributed by atoms with van der Waals surface area (Å²) in [7, 11) is 0. The highest BCUT2D eigenvalue weighted by atomic mass is 32.2. The van der Waals surface area contributed by atoms with Crippen molar-refractivity contribution in [3.8, 4) is 5.69 Å². The van der Waals surface area contributed by atoms with Crippen LogP contribution in [0.25, 0.3) is 15.9 Å². The SMILES string of the molecule is O=c1c2c3c(sc2nc(SCc2nccn2C(F)F)n1-c1ccccc1)CCCCC3. The number of thiophene rings is 1. The van der Waals surface area contributed by atoms with Gasteiger partial charge in [0.15, 0.2) is 5.16 Å². The van der Waals surface area contributed by atoms with E-state index in [4.69, 9.17) is 4.98 Å². The first-order chi connectivity index (χ1) is 15.1. The molecule has 0 atom stereocenters. The van der Waals surface area contributed by atoms with Gasteiger partial charge in [-0.2, -0.15) is 8.78 Å². The van der Waals surface area contributed by atoms with E-state index in [0.717, 1.165) is 46.3 Å². The molecule has 0 saturated carbocycles. The van der Waals surface area contributed by atoms with Crippen LogP contribution in [-0.4, -0.2) is 19.1 Å². The van der Waals surface area contributed by atoms with Gasteiger partial charge in [0.25, 0.3) is 5.56 Å². The van der Waals surface area contributed by atoms with E-state index in [1.165, 1.54) is 35.5 Å². The van der Waals surface area contributed by atoms with Crippen molar-refractivity contribution >= 4 is 33.3 Å². The van der Waals surface area contributed by atoms with Crippen LogP contribution in [0.15, 0.2) is 52.7 Å². The summed E-state index contributed by atoms with van der Waals surface area (Å²) in [5.41, 5.74) is 1.77. The highest BCUT2D eigenvalue weighted by Crippen LogP contribution is 2.35. The third kappa shape index (κ3) is 3.80. The maximum atomic E-state index is 13.7. The van der Waals surface area contributed by atoms with Gasteiger partial charge in [-0.25, -0.2) is 9.97 Å².